The molecule has 0 fully saturated rings. The van der Waals surface area contributed by atoms with Crippen LogP contribution >= 0.6 is 0 Å². The summed E-state index contributed by atoms with van der Waals surface area (Å²) in [6.45, 7) is 6.97. The van der Waals surface area contributed by atoms with Crippen molar-refractivity contribution in [2.45, 2.75) is 32.8 Å². The SMILES string of the molecule is CC(C)(C)c1cccc(COc2nc(N)nc3nc[nH]c23)c1. The fraction of sp³-hybridized carbons (Fsp3) is 0.312. The molecule has 6 nitrogen and oxygen atoms in total. The van der Waals surface area contributed by atoms with Crippen LogP contribution in [0.25, 0.3) is 11.2 Å². The lowest BCUT2D eigenvalue weighted by Crippen LogP contribution is -2.11. The standard InChI is InChI=1S/C16H19N5O/c1-16(2,3)11-6-4-5-10(7-11)8-22-14-12-13(19-9-18-12)20-15(17)21-14/h4-7,9H,8H2,1-3H3,(H3,17,18,19,20,21). The quantitative estimate of drug-likeness (QED) is 0.776. The molecule has 3 aromatic rings. The molecule has 0 aliphatic heterocycles. The highest BCUT2D eigenvalue weighted by Gasteiger charge is 2.14. The highest BCUT2D eigenvalue weighted by Crippen LogP contribution is 2.24. The number of fused-ring (bicyclic) bond motifs is 1. The van der Waals surface area contributed by atoms with Crippen LogP contribution in [0.4, 0.5) is 5.95 Å². The Labute approximate surface area is 128 Å². The zero-order valence-corrected chi connectivity index (χ0v) is 12.9. The first-order valence-corrected chi connectivity index (χ1v) is 7.12. The Kier molecular flexibility index (Phi) is 3.44. The van der Waals surface area contributed by atoms with E-state index in [1.807, 2.05) is 12.1 Å². The molecule has 3 rings (SSSR count). The van der Waals surface area contributed by atoms with Gasteiger partial charge in [0.15, 0.2) is 5.65 Å². The minimum Gasteiger partial charge on any atom is -0.471 e. The summed E-state index contributed by atoms with van der Waals surface area (Å²) in [6.07, 6.45) is 1.55. The van der Waals surface area contributed by atoms with Crippen molar-refractivity contribution in [3.05, 3.63) is 41.7 Å². The third-order valence-electron chi connectivity index (χ3n) is 3.44. The Bertz CT molecular complexity index is 804. The monoisotopic (exact) mass is 297 g/mol. The fourth-order valence-electron chi connectivity index (χ4n) is 2.21. The van der Waals surface area contributed by atoms with Crippen molar-refractivity contribution in [1.29, 1.82) is 0 Å². The molecule has 0 bridgehead atoms. The fourth-order valence-corrected chi connectivity index (χ4v) is 2.21. The number of nitrogens with two attached hydrogens (primary N) is 1. The van der Waals surface area contributed by atoms with Crippen molar-refractivity contribution < 1.29 is 4.74 Å². The second kappa shape index (κ2) is 5.29. The van der Waals surface area contributed by atoms with Crippen LogP contribution in [0.5, 0.6) is 5.88 Å². The highest BCUT2D eigenvalue weighted by molar-refractivity contribution is 5.76. The number of nitrogen functional groups attached to an aromatic ring is 1. The van der Waals surface area contributed by atoms with Gasteiger partial charge in [-0.2, -0.15) is 9.97 Å². The smallest absolute Gasteiger partial charge is 0.245 e. The Hall–Kier alpha value is -2.63. The van der Waals surface area contributed by atoms with Gasteiger partial charge in [0, 0.05) is 0 Å². The number of anilines is 1. The van der Waals surface area contributed by atoms with Crippen molar-refractivity contribution in [3.63, 3.8) is 0 Å². The van der Waals surface area contributed by atoms with Crippen molar-refractivity contribution >= 4 is 17.1 Å². The summed E-state index contributed by atoms with van der Waals surface area (Å²) < 4.78 is 5.81. The topological polar surface area (TPSA) is 89.7 Å². The second-order valence-electron chi connectivity index (χ2n) is 6.23. The highest BCUT2D eigenvalue weighted by atomic mass is 16.5. The molecule has 2 heterocycles. The van der Waals surface area contributed by atoms with Crippen LogP contribution in [0.3, 0.4) is 0 Å². The van der Waals surface area contributed by atoms with Gasteiger partial charge in [-0.25, -0.2) is 4.98 Å². The maximum atomic E-state index is 5.81. The normalized spacial score (nSPS) is 11.8. The molecular weight excluding hydrogens is 278 g/mol. The lowest BCUT2D eigenvalue weighted by Gasteiger charge is -2.19. The van der Waals surface area contributed by atoms with Crippen molar-refractivity contribution in [3.8, 4) is 5.88 Å². The van der Waals surface area contributed by atoms with Gasteiger partial charge in [0.1, 0.15) is 12.1 Å². The summed E-state index contributed by atoms with van der Waals surface area (Å²) in [4.78, 5) is 15.2. The van der Waals surface area contributed by atoms with Crippen molar-refractivity contribution in [2.24, 2.45) is 0 Å². The summed E-state index contributed by atoms with van der Waals surface area (Å²) in [5, 5.41) is 0. The molecule has 2 aromatic heterocycles. The number of nitrogens with zero attached hydrogens (tertiary/aromatic N) is 3. The van der Waals surface area contributed by atoms with E-state index in [4.69, 9.17) is 10.5 Å². The lowest BCUT2D eigenvalue weighted by atomic mass is 9.86. The molecule has 1 aromatic carbocycles. The minimum absolute atomic E-state index is 0.103. The van der Waals surface area contributed by atoms with Gasteiger partial charge in [-0.15, -0.1) is 0 Å². The van der Waals surface area contributed by atoms with Crippen LogP contribution in [0.15, 0.2) is 30.6 Å². The summed E-state index contributed by atoms with van der Waals surface area (Å²) >= 11 is 0. The first-order chi connectivity index (χ1) is 10.4. The van der Waals surface area contributed by atoms with Crippen LogP contribution in [0.1, 0.15) is 31.9 Å². The van der Waals surface area contributed by atoms with E-state index < -0.39 is 0 Å². The van der Waals surface area contributed by atoms with Crippen LogP contribution in [0.2, 0.25) is 0 Å². The molecule has 0 atom stereocenters. The third-order valence-corrected chi connectivity index (χ3v) is 3.44. The van der Waals surface area contributed by atoms with Crippen molar-refractivity contribution in [2.75, 3.05) is 5.73 Å². The zero-order chi connectivity index (χ0) is 15.7. The molecule has 0 aliphatic rings. The van der Waals surface area contributed by atoms with Gasteiger partial charge in [0.05, 0.1) is 6.33 Å². The number of ether oxygens (including phenoxy) is 1. The maximum Gasteiger partial charge on any atom is 0.245 e. The van der Waals surface area contributed by atoms with Gasteiger partial charge in [-0.05, 0) is 16.5 Å². The van der Waals surface area contributed by atoms with E-state index >= 15 is 0 Å². The van der Waals surface area contributed by atoms with Crippen LogP contribution in [-0.4, -0.2) is 19.9 Å². The number of aromatic nitrogens is 4. The van der Waals surface area contributed by atoms with Gasteiger partial charge >= 0.3 is 0 Å². The zero-order valence-electron chi connectivity index (χ0n) is 12.9. The molecule has 0 aliphatic carbocycles. The Balaban J connectivity index is 1.84. The van der Waals surface area contributed by atoms with E-state index in [-0.39, 0.29) is 11.4 Å². The Morgan fingerprint density at radius 3 is 2.82 bits per heavy atom. The maximum absolute atomic E-state index is 5.81. The predicted molar refractivity (Wildman–Crippen MR) is 85.6 cm³/mol. The van der Waals surface area contributed by atoms with E-state index in [2.05, 4.69) is 52.8 Å². The molecule has 0 amide bonds. The first-order valence-electron chi connectivity index (χ1n) is 7.12. The van der Waals surface area contributed by atoms with Gasteiger partial charge in [-0.1, -0.05) is 45.0 Å². The molecule has 0 spiro atoms. The number of nitrogens with one attached hydrogen (secondary N) is 1. The predicted octanol–water partition coefficient (Wildman–Crippen LogP) is 2.81. The summed E-state index contributed by atoms with van der Waals surface area (Å²) in [7, 11) is 0. The lowest BCUT2D eigenvalue weighted by molar-refractivity contribution is 0.297. The first kappa shape index (κ1) is 14.3. The number of rotatable bonds is 3. The average Bonchev–Trinajstić information content (AvgIpc) is 2.92. The molecule has 0 radical (unpaired) electrons. The average molecular weight is 297 g/mol. The van der Waals surface area contributed by atoms with Gasteiger partial charge < -0.3 is 15.5 Å². The summed E-state index contributed by atoms with van der Waals surface area (Å²) in [5.74, 6) is 0.569. The molecule has 0 saturated heterocycles. The van der Waals surface area contributed by atoms with Gasteiger partial charge in [-0.3, -0.25) is 0 Å². The number of H-pyrrole nitrogens is 1. The van der Waals surface area contributed by atoms with E-state index in [1.165, 1.54) is 5.56 Å². The summed E-state index contributed by atoms with van der Waals surface area (Å²) in [5.41, 5.74) is 9.29. The third kappa shape index (κ3) is 2.86. The number of hydrogen-bond donors (Lipinski definition) is 2. The van der Waals surface area contributed by atoms with Crippen LogP contribution in [-0.2, 0) is 12.0 Å². The Morgan fingerprint density at radius 1 is 1.23 bits per heavy atom. The molecule has 0 saturated carbocycles. The van der Waals surface area contributed by atoms with Crippen molar-refractivity contribution in [1.82, 2.24) is 19.9 Å². The minimum atomic E-state index is 0.103. The molecule has 114 valence electrons. The molecular formula is C16H19N5O. The summed E-state index contributed by atoms with van der Waals surface area (Å²) in [6, 6.07) is 8.34. The van der Waals surface area contributed by atoms with E-state index in [9.17, 15) is 0 Å². The number of aromatic amines is 1. The van der Waals surface area contributed by atoms with Gasteiger partial charge in [0.25, 0.3) is 0 Å². The molecule has 0 unspecified atom stereocenters. The number of imidazole rings is 1. The molecule has 22 heavy (non-hydrogen) atoms. The molecule has 6 heteroatoms. The number of benzene rings is 1. The van der Waals surface area contributed by atoms with E-state index in [1.54, 1.807) is 6.33 Å². The van der Waals surface area contributed by atoms with Crippen LogP contribution in [0, 0.1) is 0 Å². The second-order valence-corrected chi connectivity index (χ2v) is 6.23. The van der Waals surface area contributed by atoms with Crippen LogP contribution < -0.4 is 10.5 Å². The van der Waals surface area contributed by atoms with E-state index in [0.717, 1.165) is 5.56 Å². The van der Waals surface area contributed by atoms with Gasteiger partial charge in [0.2, 0.25) is 11.8 Å². The molecule has 3 N–H and O–H groups in total. The van der Waals surface area contributed by atoms with E-state index in [0.29, 0.717) is 23.7 Å². The number of hydrogen-bond acceptors (Lipinski definition) is 5. The largest absolute Gasteiger partial charge is 0.471 e. The Morgan fingerprint density at radius 2 is 2.05 bits per heavy atom.